The Hall–Kier alpha value is -1.54. The molecule has 0 aliphatic heterocycles. The van der Waals surface area contributed by atoms with E-state index < -0.39 is 32.2 Å². The fourth-order valence-electron chi connectivity index (χ4n) is 1.89. The van der Waals surface area contributed by atoms with Gasteiger partial charge in [-0.2, -0.15) is 5.10 Å². The highest BCUT2D eigenvalue weighted by Gasteiger charge is 2.24. The molecule has 20 heavy (non-hydrogen) atoms. The molecule has 0 bridgehead atoms. The number of benzene rings is 1. The summed E-state index contributed by atoms with van der Waals surface area (Å²) in [4.78, 5) is -0.289. The van der Waals surface area contributed by atoms with E-state index in [-0.39, 0.29) is 16.3 Å². The fraction of sp³-hybridized carbons (Fsp3) is 0.182. The van der Waals surface area contributed by atoms with Crippen LogP contribution in [0.4, 0.5) is 13.2 Å². The van der Waals surface area contributed by atoms with Gasteiger partial charge < -0.3 is 0 Å². The Kier molecular flexibility index (Phi) is 3.55. The molecule has 0 aliphatic rings. The van der Waals surface area contributed by atoms with Gasteiger partial charge in [-0.15, -0.1) is 0 Å². The highest BCUT2D eigenvalue weighted by molar-refractivity contribution is 8.13. The lowest BCUT2D eigenvalue weighted by molar-refractivity contribution is 0.491. The molecule has 0 N–H and O–H groups in total. The van der Waals surface area contributed by atoms with Gasteiger partial charge in [-0.25, -0.2) is 26.3 Å². The Morgan fingerprint density at radius 1 is 1.10 bits per heavy atom. The van der Waals surface area contributed by atoms with Gasteiger partial charge in [0.25, 0.3) is 9.05 Å². The van der Waals surface area contributed by atoms with Gasteiger partial charge >= 0.3 is 0 Å². The Bertz CT molecular complexity index is 802. The van der Waals surface area contributed by atoms with Crippen LogP contribution >= 0.6 is 10.7 Å². The second-order valence-corrected chi connectivity index (χ2v) is 6.57. The van der Waals surface area contributed by atoms with Gasteiger partial charge in [0.15, 0.2) is 17.5 Å². The van der Waals surface area contributed by atoms with Crippen molar-refractivity contribution >= 4 is 19.7 Å². The molecule has 0 atom stereocenters. The van der Waals surface area contributed by atoms with E-state index in [1.165, 1.54) is 13.8 Å². The van der Waals surface area contributed by atoms with Crippen LogP contribution in [0.25, 0.3) is 5.69 Å². The van der Waals surface area contributed by atoms with Crippen molar-refractivity contribution in [1.29, 1.82) is 0 Å². The maximum atomic E-state index is 13.7. The number of nitrogens with zero attached hydrogens (tertiary/aromatic N) is 2. The van der Waals surface area contributed by atoms with Gasteiger partial charge in [-0.1, -0.05) is 0 Å². The third-order valence-electron chi connectivity index (χ3n) is 2.69. The first-order valence-electron chi connectivity index (χ1n) is 5.28. The zero-order valence-corrected chi connectivity index (χ0v) is 11.9. The van der Waals surface area contributed by atoms with Gasteiger partial charge in [0.05, 0.1) is 11.4 Å². The van der Waals surface area contributed by atoms with E-state index in [2.05, 4.69) is 5.10 Å². The van der Waals surface area contributed by atoms with Crippen molar-refractivity contribution in [3.63, 3.8) is 0 Å². The SMILES string of the molecule is Cc1nn(-c2cc(F)c(F)cc2F)c(C)c1S(=O)(=O)Cl. The molecule has 0 radical (unpaired) electrons. The first-order valence-corrected chi connectivity index (χ1v) is 7.59. The monoisotopic (exact) mass is 324 g/mol. The Labute approximate surface area is 117 Å². The van der Waals surface area contributed by atoms with Crippen molar-refractivity contribution in [3.8, 4) is 5.69 Å². The third-order valence-corrected chi connectivity index (χ3v) is 4.23. The minimum Gasteiger partial charge on any atom is -0.233 e. The minimum atomic E-state index is -4.08. The second-order valence-electron chi connectivity index (χ2n) is 4.07. The predicted octanol–water partition coefficient (Wildman–Crippen LogP) is 2.83. The quantitative estimate of drug-likeness (QED) is 0.630. The van der Waals surface area contributed by atoms with Crippen LogP contribution in [0.15, 0.2) is 17.0 Å². The summed E-state index contributed by atoms with van der Waals surface area (Å²) in [5, 5.41) is 3.80. The van der Waals surface area contributed by atoms with Gasteiger partial charge in [-0.05, 0) is 13.8 Å². The molecular formula is C11H8ClF3N2O2S. The Morgan fingerprint density at radius 3 is 2.15 bits per heavy atom. The normalized spacial score (nSPS) is 11.9. The molecule has 0 amide bonds. The molecule has 0 fully saturated rings. The molecule has 1 aromatic heterocycles. The molecular weight excluding hydrogens is 317 g/mol. The van der Waals surface area contributed by atoms with E-state index >= 15 is 0 Å². The van der Waals surface area contributed by atoms with E-state index in [1.54, 1.807) is 0 Å². The number of aryl methyl sites for hydroxylation is 1. The van der Waals surface area contributed by atoms with E-state index in [0.717, 1.165) is 4.68 Å². The summed E-state index contributed by atoms with van der Waals surface area (Å²) in [5.41, 5.74) is -0.375. The van der Waals surface area contributed by atoms with Crippen LogP contribution in [0, 0.1) is 31.3 Å². The third kappa shape index (κ3) is 2.40. The number of hydrogen-bond acceptors (Lipinski definition) is 3. The van der Waals surface area contributed by atoms with Crippen molar-refractivity contribution in [2.24, 2.45) is 0 Å². The molecule has 0 unspecified atom stereocenters. The van der Waals surface area contributed by atoms with Crippen LogP contribution in [-0.4, -0.2) is 18.2 Å². The molecule has 1 aromatic carbocycles. The number of hydrogen-bond donors (Lipinski definition) is 0. The standard InChI is InChI=1S/C11H8ClF3N2O2S/c1-5-11(20(12,18)19)6(2)17(16-5)10-4-8(14)7(13)3-9(10)15/h3-4H,1-2H3. The van der Waals surface area contributed by atoms with E-state index in [9.17, 15) is 21.6 Å². The molecule has 9 heteroatoms. The first kappa shape index (κ1) is 14.9. The van der Waals surface area contributed by atoms with Crippen LogP contribution in [0.2, 0.25) is 0 Å². The topological polar surface area (TPSA) is 52.0 Å². The lowest BCUT2D eigenvalue weighted by atomic mass is 10.2. The summed E-state index contributed by atoms with van der Waals surface area (Å²) in [6.45, 7) is 2.69. The van der Waals surface area contributed by atoms with E-state index in [4.69, 9.17) is 10.7 Å². The van der Waals surface area contributed by atoms with E-state index in [0.29, 0.717) is 12.1 Å². The summed E-state index contributed by atoms with van der Waals surface area (Å²) in [7, 11) is 1.17. The van der Waals surface area contributed by atoms with Gasteiger partial charge in [0.2, 0.25) is 0 Å². The van der Waals surface area contributed by atoms with Crippen molar-refractivity contribution in [3.05, 3.63) is 41.0 Å². The minimum absolute atomic E-state index is 0.00223. The highest BCUT2D eigenvalue weighted by atomic mass is 35.7. The van der Waals surface area contributed by atoms with Crippen LogP contribution in [0.3, 0.4) is 0 Å². The molecule has 0 spiro atoms. The summed E-state index contributed by atoms with van der Waals surface area (Å²) in [5.74, 6) is -3.70. The smallest absolute Gasteiger partial charge is 0.233 e. The number of rotatable bonds is 2. The maximum absolute atomic E-state index is 13.7. The molecule has 4 nitrogen and oxygen atoms in total. The summed E-state index contributed by atoms with van der Waals surface area (Å²) in [6.07, 6.45) is 0. The van der Waals surface area contributed by atoms with Crippen molar-refractivity contribution < 1.29 is 21.6 Å². The molecule has 2 rings (SSSR count). The molecule has 1 heterocycles. The molecule has 0 saturated heterocycles. The van der Waals surface area contributed by atoms with Gasteiger partial charge in [0, 0.05) is 22.8 Å². The fourth-order valence-corrected chi connectivity index (χ4v) is 3.39. The summed E-state index contributed by atoms with van der Waals surface area (Å²) in [6, 6.07) is 0.949. The molecule has 108 valence electrons. The average molecular weight is 325 g/mol. The Balaban J connectivity index is 2.76. The van der Waals surface area contributed by atoms with Gasteiger partial charge in [-0.3, -0.25) is 0 Å². The first-order chi connectivity index (χ1) is 9.12. The zero-order chi connectivity index (χ0) is 15.2. The molecule has 2 aromatic rings. The van der Waals surface area contributed by atoms with Crippen molar-refractivity contribution in [2.45, 2.75) is 18.7 Å². The second kappa shape index (κ2) is 4.78. The van der Waals surface area contributed by atoms with Gasteiger partial charge in [0.1, 0.15) is 10.6 Å². The largest absolute Gasteiger partial charge is 0.264 e. The lowest BCUT2D eigenvalue weighted by Crippen LogP contribution is -2.05. The predicted molar refractivity (Wildman–Crippen MR) is 66.0 cm³/mol. The van der Waals surface area contributed by atoms with E-state index in [1.807, 2.05) is 0 Å². The molecule has 0 aliphatic carbocycles. The van der Waals surface area contributed by atoms with Crippen LogP contribution < -0.4 is 0 Å². The number of aromatic nitrogens is 2. The zero-order valence-electron chi connectivity index (χ0n) is 10.3. The maximum Gasteiger partial charge on any atom is 0.264 e. The molecule has 0 saturated carbocycles. The van der Waals surface area contributed by atoms with Crippen LogP contribution in [-0.2, 0) is 9.05 Å². The van der Waals surface area contributed by atoms with Crippen LogP contribution in [0.1, 0.15) is 11.4 Å². The van der Waals surface area contributed by atoms with Crippen molar-refractivity contribution in [1.82, 2.24) is 9.78 Å². The average Bonchev–Trinajstić information content (AvgIpc) is 2.58. The lowest BCUT2D eigenvalue weighted by Gasteiger charge is -2.06. The number of halogens is 4. The summed E-state index contributed by atoms with van der Waals surface area (Å²) >= 11 is 0. The van der Waals surface area contributed by atoms with Crippen LogP contribution in [0.5, 0.6) is 0 Å². The highest BCUT2D eigenvalue weighted by Crippen LogP contribution is 2.27. The van der Waals surface area contributed by atoms with Crippen molar-refractivity contribution in [2.75, 3.05) is 0 Å². The summed E-state index contributed by atoms with van der Waals surface area (Å²) < 4.78 is 63.4. The Morgan fingerprint density at radius 2 is 1.65 bits per heavy atom.